The number of hydrogen-bond acceptors (Lipinski definition) is 2. The molecule has 0 aliphatic heterocycles. The fourth-order valence-electron chi connectivity index (χ4n) is 2.51. The van der Waals surface area contributed by atoms with Gasteiger partial charge in [-0.05, 0) is 18.6 Å². The van der Waals surface area contributed by atoms with Gasteiger partial charge in [-0.2, -0.15) is 0 Å². The molecule has 0 amide bonds. The second-order valence-corrected chi connectivity index (χ2v) is 5.41. The van der Waals surface area contributed by atoms with Crippen LogP contribution >= 0.6 is 0 Å². The third-order valence-electron chi connectivity index (χ3n) is 3.71. The van der Waals surface area contributed by atoms with Crippen molar-refractivity contribution < 1.29 is 0 Å². The van der Waals surface area contributed by atoms with Crippen LogP contribution in [0.3, 0.4) is 0 Å². The number of unbranched alkanes of at least 4 members (excludes halogenated alkanes) is 7. The van der Waals surface area contributed by atoms with Crippen LogP contribution in [0.5, 0.6) is 0 Å². The zero-order chi connectivity index (χ0) is 14.2. The van der Waals surface area contributed by atoms with Crippen LogP contribution in [0.25, 0.3) is 5.65 Å². The van der Waals surface area contributed by atoms with Gasteiger partial charge in [-0.3, -0.25) is 4.40 Å². The molecular formula is C16H25N3O. The molecule has 0 N–H and O–H groups in total. The third-order valence-corrected chi connectivity index (χ3v) is 3.71. The van der Waals surface area contributed by atoms with Crippen LogP contribution in [0.15, 0.2) is 29.2 Å². The molecule has 0 aliphatic carbocycles. The molecule has 0 aromatic carbocycles. The summed E-state index contributed by atoms with van der Waals surface area (Å²) in [5, 5.41) is 4.34. The predicted molar refractivity (Wildman–Crippen MR) is 82.1 cm³/mol. The summed E-state index contributed by atoms with van der Waals surface area (Å²) in [6, 6.07) is 5.63. The summed E-state index contributed by atoms with van der Waals surface area (Å²) in [4.78, 5) is 12.0. The normalized spacial score (nSPS) is 11.2. The van der Waals surface area contributed by atoms with Gasteiger partial charge < -0.3 is 0 Å². The number of aryl methyl sites for hydroxylation is 1. The summed E-state index contributed by atoms with van der Waals surface area (Å²) < 4.78 is 3.19. The Hall–Kier alpha value is -1.58. The number of fused-ring (bicyclic) bond motifs is 1. The molecular weight excluding hydrogens is 250 g/mol. The van der Waals surface area contributed by atoms with Crippen molar-refractivity contribution in [1.29, 1.82) is 0 Å². The minimum atomic E-state index is -0.0245. The molecule has 4 heteroatoms. The average Bonchev–Trinajstić information content (AvgIpc) is 2.79. The van der Waals surface area contributed by atoms with Crippen molar-refractivity contribution in [2.24, 2.45) is 0 Å². The van der Waals surface area contributed by atoms with Crippen LogP contribution < -0.4 is 5.69 Å². The molecule has 2 rings (SSSR count). The van der Waals surface area contributed by atoms with Gasteiger partial charge in [0.2, 0.25) is 0 Å². The first-order valence-electron chi connectivity index (χ1n) is 7.87. The Bertz CT molecular complexity index is 570. The van der Waals surface area contributed by atoms with Crippen LogP contribution in [0.4, 0.5) is 0 Å². The van der Waals surface area contributed by atoms with Gasteiger partial charge in [-0.15, -0.1) is 5.10 Å². The van der Waals surface area contributed by atoms with Crippen LogP contribution in [-0.2, 0) is 6.54 Å². The van der Waals surface area contributed by atoms with E-state index in [1.807, 2.05) is 18.2 Å². The molecule has 0 atom stereocenters. The van der Waals surface area contributed by atoms with Gasteiger partial charge in [-0.1, -0.05) is 57.9 Å². The fraction of sp³-hybridized carbons (Fsp3) is 0.625. The molecule has 0 spiro atoms. The average molecular weight is 275 g/mol. The lowest BCUT2D eigenvalue weighted by Gasteiger charge is -2.01. The summed E-state index contributed by atoms with van der Waals surface area (Å²) in [6.07, 6.45) is 12.0. The predicted octanol–water partition coefficient (Wildman–Crippen LogP) is 3.64. The third kappa shape index (κ3) is 3.95. The maximum absolute atomic E-state index is 12.0. The first-order chi connectivity index (χ1) is 9.83. The Morgan fingerprint density at radius 2 is 1.70 bits per heavy atom. The molecule has 0 radical (unpaired) electrons. The molecule has 0 saturated heterocycles. The molecule has 0 bridgehead atoms. The summed E-state index contributed by atoms with van der Waals surface area (Å²) in [5.41, 5.74) is 0.709. The van der Waals surface area contributed by atoms with E-state index >= 15 is 0 Å². The van der Waals surface area contributed by atoms with Gasteiger partial charge in [0.1, 0.15) is 0 Å². The maximum Gasteiger partial charge on any atom is 0.350 e. The monoisotopic (exact) mass is 275 g/mol. The van der Waals surface area contributed by atoms with E-state index in [-0.39, 0.29) is 5.69 Å². The highest BCUT2D eigenvalue weighted by Crippen LogP contribution is 2.08. The largest absolute Gasteiger partial charge is 0.350 e. The van der Waals surface area contributed by atoms with Crippen molar-refractivity contribution in [2.75, 3.05) is 0 Å². The zero-order valence-corrected chi connectivity index (χ0v) is 12.4. The van der Waals surface area contributed by atoms with Crippen molar-refractivity contribution in [1.82, 2.24) is 14.2 Å². The van der Waals surface area contributed by atoms with Crippen LogP contribution in [-0.4, -0.2) is 14.2 Å². The molecule has 0 saturated carbocycles. The molecule has 110 valence electrons. The van der Waals surface area contributed by atoms with Crippen LogP contribution in [0.1, 0.15) is 58.3 Å². The first kappa shape index (κ1) is 14.8. The summed E-state index contributed by atoms with van der Waals surface area (Å²) >= 11 is 0. The molecule has 0 aliphatic rings. The highest BCUT2D eigenvalue weighted by molar-refractivity contribution is 5.35. The Kier molecular flexibility index (Phi) is 5.84. The minimum absolute atomic E-state index is 0.0245. The number of pyridine rings is 1. The van der Waals surface area contributed by atoms with Crippen molar-refractivity contribution in [3.63, 3.8) is 0 Å². The number of aromatic nitrogens is 3. The lowest BCUT2D eigenvalue weighted by atomic mass is 10.1. The van der Waals surface area contributed by atoms with Gasteiger partial charge in [0.25, 0.3) is 0 Å². The van der Waals surface area contributed by atoms with Gasteiger partial charge in [0, 0.05) is 12.7 Å². The Labute approximate surface area is 120 Å². The number of hydrogen-bond donors (Lipinski definition) is 0. The zero-order valence-electron chi connectivity index (χ0n) is 12.4. The van der Waals surface area contributed by atoms with Crippen molar-refractivity contribution in [3.8, 4) is 0 Å². The molecule has 2 heterocycles. The van der Waals surface area contributed by atoms with E-state index in [4.69, 9.17) is 0 Å². The summed E-state index contributed by atoms with van der Waals surface area (Å²) in [7, 11) is 0. The van der Waals surface area contributed by atoms with Crippen LogP contribution in [0.2, 0.25) is 0 Å². The molecule has 0 unspecified atom stereocenters. The topological polar surface area (TPSA) is 39.3 Å². The maximum atomic E-state index is 12.0. The standard InChI is InChI=1S/C16H25N3O/c1-2-3-4-5-6-7-8-10-14-19-16(20)18-13-11-9-12-15(18)17-19/h9,11-13H,2-8,10,14H2,1H3. The Morgan fingerprint density at radius 3 is 2.40 bits per heavy atom. The van der Waals surface area contributed by atoms with Crippen LogP contribution in [0, 0.1) is 0 Å². The van der Waals surface area contributed by atoms with E-state index in [0.717, 1.165) is 18.6 Å². The summed E-state index contributed by atoms with van der Waals surface area (Å²) in [5.74, 6) is 0. The van der Waals surface area contributed by atoms with Crippen molar-refractivity contribution in [3.05, 3.63) is 34.9 Å². The van der Waals surface area contributed by atoms with Crippen molar-refractivity contribution >= 4 is 5.65 Å². The Balaban J connectivity index is 1.71. The molecule has 2 aromatic heterocycles. The van der Waals surface area contributed by atoms with Gasteiger partial charge >= 0.3 is 5.69 Å². The highest BCUT2D eigenvalue weighted by atomic mass is 16.2. The Morgan fingerprint density at radius 1 is 1.00 bits per heavy atom. The lowest BCUT2D eigenvalue weighted by molar-refractivity contribution is 0.511. The molecule has 20 heavy (non-hydrogen) atoms. The summed E-state index contributed by atoms with van der Waals surface area (Å²) in [6.45, 7) is 2.97. The second kappa shape index (κ2) is 7.88. The number of nitrogens with zero attached hydrogens (tertiary/aromatic N) is 3. The van der Waals surface area contributed by atoms with E-state index in [9.17, 15) is 4.79 Å². The SMILES string of the molecule is CCCCCCCCCCn1nc2ccccn2c1=O. The first-order valence-corrected chi connectivity index (χ1v) is 7.87. The minimum Gasteiger partial charge on any atom is -0.250 e. The van der Waals surface area contributed by atoms with Gasteiger partial charge in [0.15, 0.2) is 5.65 Å². The van der Waals surface area contributed by atoms with E-state index in [2.05, 4.69) is 12.0 Å². The highest BCUT2D eigenvalue weighted by Gasteiger charge is 2.04. The van der Waals surface area contributed by atoms with E-state index in [1.165, 1.54) is 44.9 Å². The van der Waals surface area contributed by atoms with E-state index in [1.54, 1.807) is 15.3 Å². The quantitative estimate of drug-likeness (QED) is 0.655. The lowest BCUT2D eigenvalue weighted by Crippen LogP contribution is -2.21. The van der Waals surface area contributed by atoms with Crippen molar-refractivity contribution in [2.45, 2.75) is 64.8 Å². The molecule has 0 fully saturated rings. The second-order valence-electron chi connectivity index (χ2n) is 5.41. The van der Waals surface area contributed by atoms with Gasteiger partial charge in [-0.25, -0.2) is 9.48 Å². The van der Waals surface area contributed by atoms with E-state index < -0.39 is 0 Å². The van der Waals surface area contributed by atoms with Gasteiger partial charge in [0.05, 0.1) is 0 Å². The smallest absolute Gasteiger partial charge is 0.250 e. The molecule has 4 nitrogen and oxygen atoms in total. The number of rotatable bonds is 9. The molecule has 2 aromatic rings. The fourth-order valence-corrected chi connectivity index (χ4v) is 2.51. The van der Waals surface area contributed by atoms with E-state index in [0.29, 0.717) is 0 Å².